The number of hydrogen-bond donors (Lipinski definition) is 1. The van der Waals surface area contributed by atoms with E-state index in [2.05, 4.69) is 5.32 Å². The summed E-state index contributed by atoms with van der Waals surface area (Å²) in [5.74, 6) is 1.23. The fourth-order valence-electron chi connectivity index (χ4n) is 2.47. The number of carbonyl (C=O) groups is 1. The molecule has 2 aliphatic rings. The number of allylic oxidation sites excluding steroid dienone is 2. The van der Waals surface area contributed by atoms with E-state index in [1.165, 1.54) is 32.1 Å². The van der Waals surface area contributed by atoms with Crippen molar-refractivity contribution in [3.8, 4) is 0 Å². The zero-order chi connectivity index (χ0) is 9.80. The van der Waals surface area contributed by atoms with Gasteiger partial charge in [0.05, 0.1) is 0 Å². The Morgan fingerprint density at radius 1 is 1.29 bits per heavy atom. The van der Waals surface area contributed by atoms with Gasteiger partial charge in [0.15, 0.2) is 5.78 Å². The van der Waals surface area contributed by atoms with Crippen molar-refractivity contribution in [3.05, 3.63) is 11.8 Å². The first-order valence-corrected chi connectivity index (χ1v) is 5.82. The van der Waals surface area contributed by atoms with E-state index in [0.29, 0.717) is 6.42 Å². The van der Waals surface area contributed by atoms with Gasteiger partial charge in [-0.15, -0.1) is 0 Å². The van der Waals surface area contributed by atoms with Crippen molar-refractivity contribution in [2.45, 2.75) is 44.9 Å². The summed E-state index contributed by atoms with van der Waals surface area (Å²) in [6, 6.07) is 0. The van der Waals surface area contributed by atoms with Gasteiger partial charge in [-0.1, -0.05) is 25.7 Å². The third-order valence-electron chi connectivity index (χ3n) is 3.36. The monoisotopic (exact) mass is 193 g/mol. The lowest BCUT2D eigenvalue weighted by atomic mass is 10.0. The molecule has 0 radical (unpaired) electrons. The van der Waals surface area contributed by atoms with Crippen LogP contribution in [0.25, 0.3) is 0 Å². The molecular weight excluding hydrogens is 174 g/mol. The maximum Gasteiger partial charge on any atom is 0.157 e. The summed E-state index contributed by atoms with van der Waals surface area (Å²) in [6.07, 6.45) is 10.4. The van der Waals surface area contributed by atoms with Crippen LogP contribution in [0.4, 0.5) is 0 Å². The number of carbonyl (C=O) groups excluding carboxylic acids is 1. The van der Waals surface area contributed by atoms with Gasteiger partial charge in [0.1, 0.15) is 0 Å². The molecule has 0 amide bonds. The second-order valence-corrected chi connectivity index (χ2v) is 4.50. The van der Waals surface area contributed by atoms with Crippen LogP contribution in [0.2, 0.25) is 0 Å². The van der Waals surface area contributed by atoms with Crippen molar-refractivity contribution in [1.82, 2.24) is 5.32 Å². The molecule has 2 heteroatoms. The van der Waals surface area contributed by atoms with Crippen LogP contribution in [0.5, 0.6) is 0 Å². The second kappa shape index (κ2) is 4.63. The van der Waals surface area contributed by atoms with E-state index < -0.39 is 0 Å². The van der Waals surface area contributed by atoms with Crippen molar-refractivity contribution in [1.29, 1.82) is 0 Å². The molecule has 0 aliphatic heterocycles. The predicted octanol–water partition coefficient (Wildman–Crippen LogP) is 2.40. The van der Waals surface area contributed by atoms with Gasteiger partial charge in [-0.3, -0.25) is 4.79 Å². The Morgan fingerprint density at radius 2 is 2.07 bits per heavy atom. The molecule has 0 spiro atoms. The fourth-order valence-corrected chi connectivity index (χ4v) is 2.47. The van der Waals surface area contributed by atoms with Gasteiger partial charge in [0, 0.05) is 24.7 Å². The topological polar surface area (TPSA) is 29.1 Å². The summed E-state index contributed by atoms with van der Waals surface area (Å²) < 4.78 is 0. The second-order valence-electron chi connectivity index (χ2n) is 4.50. The Hall–Kier alpha value is -0.790. The molecule has 0 heterocycles. The third-order valence-corrected chi connectivity index (χ3v) is 3.36. The molecule has 0 atom stereocenters. The summed E-state index contributed by atoms with van der Waals surface area (Å²) in [5, 5.41) is 3.38. The minimum absolute atomic E-state index is 0.286. The first-order valence-electron chi connectivity index (χ1n) is 5.82. The third kappa shape index (κ3) is 2.60. The van der Waals surface area contributed by atoms with Gasteiger partial charge < -0.3 is 5.32 Å². The first kappa shape index (κ1) is 9.75. The zero-order valence-corrected chi connectivity index (χ0v) is 8.72. The molecule has 1 fully saturated rings. The van der Waals surface area contributed by atoms with Crippen molar-refractivity contribution in [2.75, 3.05) is 6.54 Å². The highest BCUT2D eigenvalue weighted by Crippen LogP contribution is 2.27. The Balaban J connectivity index is 1.62. The Bertz CT molecular complexity index is 239. The average molecular weight is 193 g/mol. The van der Waals surface area contributed by atoms with E-state index >= 15 is 0 Å². The number of ketones is 1. The lowest BCUT2D eigenvalue weighted by Gasteiger charge is -2.10. The fraction of sp³-hybridized carbons (Fsp3) is 0.750. The highest BCUT2D eigenvalue weighted by atomic mass is 16.1. The number of hydrogen-bond acceptors (Lipinski definition) is 2. The molecule has 0 aromatic carbocycles. The summed E-state index contributed by atoms with van der Waals surface area (Å²) >= 11 is 0. The Morgan fingerprint density at radius 3 is 2.71 bits per heavy atom. The van der Waals surface area contributed by atoms with Crippen LogP contribution in [-0.4, -0.2) is 12.3 Å². The van der Waals surface area contributed by atoms with Crippen LogP contribution in [0.3, 0.4) is 0 Å². The molecule has 0 bridgehead atoms. The molecule has 14 heavy (non-hydrogen) atoms. The molecule has 0 saturated heterocycles. The molecule has 78 valence electrons. The van der Waals surface area contributed by atoms with Gasteiger partial charge in [-0.05, 0) is 18.8 Å². The van der Waals surface area contributed by atoms with Gasteiger partial charge >= 0.3 is 0 Å². The Kier molecular flexibility index (Phi) is 3.22. The molecule has 2 aliphatic carbocycles. The maximum absolute atomic E-state index is 11.0. The van der Waals surface area contributed by atoms with Crippen molar-refractivity contribution >= 4 is 5.78 Å². The lowest BCUT2D eigenvalue weighted by molar-refractivity contribution is -0.114. The molecule has 2 rings (SSSR count). The van der Waals surface area contributed by atoms with Gasteiger partial charge in [-0.2, -0.15) is 0 Å². The molecule has 0 aromatic rings. The van der Waals surface area contributed by atoms with Crippen molar-refractivity contribution in [3.63, 3.8) is 0 Å². The zero-order valence-electron chi connectivity index (χ0n) is 8.72. The van der Waals surface area contributed by atoms with E-state index in [1.807, 2.05) is 0 Å². The predicted molar refractivity (Wildman–Crippen MR) is 56.9 cm³/mol. The van der Waals surface area contributed by atoms with Crippen LogP contribution in [0.15, 0.2) is 11.8 Å². The van der Waals surface area contributed by atoms with E-state index in [4.69, 9.17) is 0 Å². The van der Waals surface area contributed by atoms with Crippen molar-refractivity contribution < 1.29 is 4.79 Å². The normalized spacial score (nSPS) is 22.9. The van der Waals surface area contributed by atoms with E-state index in [-0.39, 0.29) is 5.78 Å². The number of nitrogens with one attached hydrogen (secondary N) is 1. The SMILES string of the molecule is O=C1C=C(NCCC2CCCC2)CC1. The van der Waals surface area contributed by atoms with Crippen LogP contribution in [0.1, 0.15) is 44.9 Å². The van der Waals surface area contributed by atoms with Crippen LogP contribution < -0.4 is 5.32 Å². The molecule has 1 saturated carbocycles. The Labute approximate surface area is 85.8 Å². The van der Waals surface area contributed by atoms with Crippen LogP contribution in [-0.2, 0) is 4.79 Å². The standard InChI is InChI=1S/C12H19NO/c14-12-6-5-11(9-12)13-8-7-10-3-1-2-4-10/h9-10,13H,1-8H2. The van der Waals surface area contributed by atoms with Crippen LogP contribution in [0, 0.1) is 5.92 Å². The molecule has 2 nitrogen and oxygen atoms in total. The van der Waals surface area contributed by atoms with E-state index in [1.54, 1.807) is 6.08 Å². The summed E-state index contributed by atoms with van der Waals surface area (Å²) in [6.45, 7) is 1.06. The highest BCUT2D eigenvalue weighted by Gasteiger charge is 2.15. The van der Waals surface area contributed by atoms with E-state index in [9.17, 15) is 4.79 Å². The minimum atomic E-state index is 0.286. The number of rotatable bonds is 4. The van der Waals surface area contributed by atoms with Gasteiger partial charge in [-0.25, -0.2) is 0 Å². The smallest absolute Gasteiger partial charge is 0.157 e. The molecular formula is C12H19NO. The summed E-state index contributed by atoms with van der Waals surface area (Å²) in [5.41, 5.74) is 1.16. The van der Waals surface area contributed by atoms with E-state index in [0.717, 1.165) is 24.6 Å². The lowest BCUT2D eigenvalue weighted by Crippen LogP contribution is -2.15. The molecule has 0 unspecified atom stereocenters. The summed E-state index contributed by atoms with van der Waals surface area (Å²) in [7, 11) is 0. The highest BCUT2D eigenvalue weighted by molar-refractivity contribution is 5.92. The van der Waals surface area contributed by atoms with Gasteiger partial charge in [0.2, 0.25) is 0 Å². The maximum atomic E-state index is 11.0. The average Bonchev–Trinajstić information content (AvgIpc) is 2.77. The van der Waals surface area contributed by atoms with Gasteiger partial charge in [0.25, 0.3) is 0 Å². The van der Waals surface area contributed by atoms with Crippen LogP contribution >= 0.6 is 0 Å². The molecule has 0 aromatic heterocycles. The quantitative estimate of drug-likeness (QED) is 0.742. The first-order chi connectivity index (χ1) is 6.84. The van der Waals surface area contributed by atoms with Crippen molar-refractivity contribution in [2.24, 2.45) is 5.92 Å². The molecule has 1 N–H and O–H groups in total. The largest absolute Gasteiger partial charge is 0.388 e. The minimum Gasteiger partial charge on any atom is -0.388 e. The summed E-state index contributed by atoms with van der Waals surface area (Å²) in [4.78, 5) is 11.0.